The van der Waals surface area contributed by atoms with Crippen molar-refractivity contribution < 1.29 is 52.2 Å². The molecule has 4 aromatic carbocycles. The Morgan fingerprint density at radius 1 is 0.596 bits per heavy atom. The minimum absolute atomic E-state index is 0.125. The molecule has 0 radical (unpaired) electrons. The average Bonchev–Trinajstić information content (AvgIpc) is 1.67. The molecular weight excluding hydrogens is 1140 g/mol. The number of rotatable bonds is 25. The number of methoxy groups -OCH3 is 6. The number of hydrogen-bond donors (Lipinski definition) is 2. The number of anilines is 1. The summed E-state index contributed by atoms with van der Waals surface area (Å²) in [5, 5.41) is 7.10. The Morgan fingerprint density at radius 2 is 1.11 bits per heavy atom. The first kappa shape index (κ1) is 65.7. The molecule has 0 spiro atoms. The van der Waals surface area contributed by atoms with Crippen LogP contribution in [0.1, 0.15) is 156 Å². The zero-order valence-electron chi connectivity index (χ0n) is 54.0. The van der Waals surface area contributed by atoms with Crippen molar-refractivity contribution in [1.29, 1.82) is 0 Å². The van der Waals surface area contributed by atoms with Crippen LogP contribution in [0, 0.1) is 0 Å². The molecule has 2 N–H and O–H groups in total. The summed E-state index contributed by atoms with van der Waals surface area (Å²) in [7, 11) is 9.14. The van der Waals surface area contributed by atoms with Gasteiger partial charge in [0.1, 0.15) is 6.54 Å². The third-order valence-corrected chi connectivity index (χ3v) is 19.0. The molecule has 2 saturated heterocycles. The third kappa shape index (κ3) is 14.8. The molecule has 16 nitrogen and oxygen atoms in total. The number of para-hydroxylation sites is 2. The van der Waals surface area contributed by atoms with Gasteiger partial charge in [0.05, 0.1) is 48.1 Å². The van der Waals surface area contributed by atoms with Crippen molar-refractivity contribution >= 4 is 52.3 Å². The summed E-state index contributed by atoms with van der Waals surface area (Å²) in [6, 6.07) is 23.7. The van der Waals surface area contributed by atoms with Gasteiger partial charge in [-0.3, -0.25) is 19.2 Å². The highest BCUT2D eigenvalue weighted by atomic mass is 35.5. The predicted octanol–water partition coefficient (Wildman–Crippen LogP) is 12.9. The van der Waals surface area contributed by atoms with E-state index in [4.69, 9.17) is 40.0 Å². The van der Waals surface area contributed by atoms with Crippen LogP contribution in [0.5, 0.6) is 34.5 Å². The highest BCUT2D eigenvalue weighted by Crippen LogP contribution is 2.49. The highest BCUT2D eigenvalue weighted by Gasteiger charge is 2.44. The third-order valence-electron chi connectivity index (χ3n) is 18.6. The van der Waals surface area contributed by atoms with Gasteiger partial charge in [-0.1, -0.05) is 80.4 Å². The topological polar surface area (TPSA) is 160 Å². The number of nitrogens with zero attached hydrogens (tertiary/aromatic N) is 4. The van der Waals surface area contributed by atoms with Crippen LogP contribution >= 0.6 is 11.6 Å². The van der Waals surface area contributed by atoms with Crippen LogP contribution in [0.15, 0.2) is 119 Å². The Labute approximate surface area is 531 Å². The van der Waals surface area contributed by atoms with Gasteiger partial charge in [0.15, 0.2) is 28.7 Å². The highest BCUT2D eigenvalue weighted by molar-refractivity contribution is 6.32. The molecule has 0 aromatic heterocycles. The van der Waals surface area contributed by atoms with E-state index in [0.29, 0.717) is 84.6 Å². The number of likely N-dealkylation sites (tertiary alicyclic amines) is 2. The monoisotopic (exact) mass is 1240 g/mol. The van der Waals surface area contributed by atoms with E-state index in [0.717, 1.165) is 113 Å². The molecule has 4 aliphatic heterocycles. The normalized spacial score (nSPS) is 19.6. The van der Waals surface area contributed by atoms with Gasteiger partial charge < -0.3 is 53.8 Å². The quantitative estimate of drug-likeness (QED) is 0.0480. The molecular formula is C72H92ClN6O10+. The lowest BCUT2D eigenvalue weighted by Crippen LogP contribution is -2.49. The number of hydrogen-bond acceptors (Lipinski definition) is 11. The van der Waals surface area contributed by atoms with E-state index in [-0.39, 0.29) is 46.5 Å². The SMILES string of the molecule is COc1cc(C(=O)NC2CCCN(C(=O)CCCCCN3/C(=C/C=C4\CCCC(/C=C/C5=[N+](CCCCCC(=O)N6CCCC(NC(=O)c7cc(OC)c(OC)c(OC)c7)C6)c6ccccc6C5(C)C)=C4Cl)C(C)(C)c4ccccc43)C2)cc(OC)c1OC. The van der Waals surface area contributed by atoms with E-state index in [9.17, 15) is 19.2 Å². The van der Waals surface area contributed by atoms with Gasteiger partial charge >= 0.3 is 0 Å². The summed E-state index contributed by atoms with van der Waals surface area (Å²) in [5.74, 6) is 2.22. The van der Waals surface area contributed by atoms with Crippen molar-refractivity contribution in [2.24, 2.45) is 0 Å². The molecule has 2 atom stereocenters. The number of halogens is 1. The number of benzene rings is 4. The Morgan fingerprint density at radius 3 is 1.65 bits per heavy atom. The molecule has 1 aliphatic carbocycles. The van der Waals surface area contributed by atoms with E-state index < -0.39 is 0 Å². The Kier molecular flexibility index (Phi) is 22.0. The van der Waals surface area contributed by atoms with Gasteiger partial charge in [-0.05, 0) is 138 Å². The summed E-state index contributed by atoms with van der Waals surface area (Å²) >= 11 is 7.45. The first-order valence-corrected chi connectivity index (χ1v) is 32.2. The van der Waals surface area contributed by atoms with E-state index in [1.165, 1.54) is 76.6 Å². The largest absolute Gasteiger partial charge is 0.493 e. The number of unbranched alkanes of at least 4 members (excludes halogenated alkanes) is 4. The lowest BCUT2D eigenvalue weighted by molar-refractivity contribution is -0.438. The number of nitrogens with one attached hydrogen (secondary N) is 2. The average molecular weight is 1240 g/mol. The lowest BCUT2D eigenvalue weighted by atomic mass is 9.81. The Balaban J connectivity index is 0.797. The number of carbonyl (C=O) groups is 4. The van der Waals surface area contributed by atoms with Crippen molar-refractivity contribution in [3.8, 4) is 34.5 Å². The number of allylic oxidation sites excluding steroid dienone is 8. The van der Waals surface area contributed by atoms with Crippen LogP contribution in [0.4, 0.5) is 11.4 Å². The standard InChI is InChI=1S/C72H91ClN6O10/c1-71(2)54-28-15-17-30-56(54)78(40-19-11-13-32-64(80)76-38-22-26-52(46-76)74-69(82)50-42-58(84-5)67(88-9)59(43-50)85-6)62(71)36-34-48-24-21-25-49(66(48)73)35-37-63-72(3,4)55-29-16-18-31-57(55)79(63)41-20-12-14-33-65(81)77-39-23-27-53(47-77)75-70(83)51-44-60(86-7)68(89-10)61(45-51)87-8/h15-18,28-31,34-37,42-45,52-53H,11-14,19-27,32-33,38-41,46-47H2,1-10H3,(H-,74,75,82,83)/p+1. The lowest BCUT2D eigenvalue weighted by Gasteiger charge is -2.33. The van der Waals surface area contributed by atoms with Gasteiger partial charge in [0.25, 0.3) is 11.8 Å². The zero-order chi connectivity index (χ0) is 63.4. The van der Waals surface area contributed by atoms with Gasteiger partial charge in [0.2, 0.25) is 29.0 Å². The number of amides is 4. The van der Waals surface area contributed by atoms with Crippen LogP contribution < -0.4 is 44.0 Å². The van der Waals surface area contributed by atoms with Gasteiger partial charge in [0, 0.05) is 115 Å². The molecule has 17 heteroatoms. The fraction of sp³-hybridized carbons (Fsp3) is 0.486. The number of carbonyl (C=O) groups excluding carboxylic acids is 4. The van der Waals surface area contributed by atoms with Crippen molar-refractivity contribution in [2.75, 3.05) is 86.8 Å². The summed E-state index contributed by atoms with van der Waals surface area (Å²) in [6.07, 6.45) is 21.3. The van der Waals surface area contributed by atoms with Gasteiger partial charge in [-0.25, -0.2) is 0 Å². The fourth-order valence-electron chi connectivity index (χ4n) is 13.7. The molecule has 4 amide bonds. The molecule has 89 heavy (non-hydrogen) atoms. The second-order valence-corrected chi connectivity index (χ2v) is 25.4. The van der Waals surface area contributed by atoms with E-state index in [1.54, 1.807) is 24.3 Å². The summed E-state index contributed by atoms with van der Waals surface area (Å²) in [6.45, 7) is 13.2. The number of ether oxygens (including phenoxy) is 6. The van der Waals surface area contributed by atoms with Crippen LogP contribution in [0.2, 0.25) is 0 Å². The maximum Gasteiger partial charge on any atom is 0.251 e. The maximum atomic E-state index is 13.6. The Bertz CT molecular complexity index is 3370. The second-order valence-electron chi connectivity index (χ2n) is 25.0. The number of fused-ring (bicyclic) bond motifs is 2. The summed E-state index contributed by atoms with van der Waals surface area (Å²) < 4.78 is 35.2. The van der Waals surface area contributed by atoms with E-state index >= 15 is 0 Å². The molecule has 476 valence electrons. The molecule has 5 aliphatic rings. The maximum absolute atomic E-state index is 13.6. The molecule has 0 saturated carbocycles. The molecule has 9 rings (SSSR count). The summed E-state index contributed by atoms with van der Waals surface area (Å²) in [5.41, 5.74) is 10.1. The fourth-order valence-corrected chi connectivity index (χ4v) is 14.0. The van der Waals surface area contributed by atoms with Gasteiger partial charge in [-0.15, -0.1) is 0 Å². The molecule has 2 fully saturated rings. The first-order chi connectivity index (χ1) is 42.9. The minimum atomic E-state index is -0.252. The van der Waals surface area contributed by atoms with E-state index in [1.807, 2.05) is 9.80 Å². The molecule has 2 unspecified atom stereocenters. The van der Waals surface area contributed by atoms with E-state index in [2.05, 4.69) is 121 Å². The zero-order valence-corrected chi connectivity index (χ0v) is 54.7. The summed E-state index contributed by atoms with van der Waals surface area (Å²) in [4.78, 5) is 60.4. The Hall–Kier alpha value is -7.72. The van der Waals surface area contributed by atoms with Gasteiger partial charge in [-0.2, -0.15) is 4.58 Å². The molecule has 4 aromatic rings. The van der Waals surface area contributed by atoms with Crippen LogP contribution in [0.25, 0.3) is 0 Å². The first-order valence-electron chi connectivity index (χ1n) is 31.8. The van der Waals surface area contributed by atoms with Crippen LogP contribution in [0.3, 0.4) is 0 Å². The van der Waals surface area contributed by atoms with Crippen molar-refractivity contribution in [1.82, 2.24) is 20.4 Å². The second kappa shape index (κ2) is 29.7. The minimum Gasteiger partial charge on any atom is -0.493 e. The van der Waals surface area contributed by atoms with Crippen molar-refractivity contribution in [3.63, 3.8) is 0 Å². The van der Waals surface area contributed by atoms with Crippen molar-refractivity contribution in [3.05, 3.63) is 141 Å². The van der Waals surface area contributed by atoms with Crippen LogP contribution in [-0.4, -0.2) is 138 Å². The number of piperidine rings is 2. The van der Waals surface area contributed by atoms with Crippen molar-refractivity contribution in [2.45, 2.75) is 147 Å². The predicted molar refractivity (Wildman–Crippen MR) is 351 cm³/mol. The smallest absolute Gasteiger partial charge is 0.251 e. The molecule has 0 bridgehead atoms. The van der Waals surface area contributed by atoms with Crippen LogP contribution in [-0.2, 0) is 20.4 Å². The molecule has 4 heterocycles.